The van der Waals surface area contributed by atoms with Gasteiger partial charge in [0.2, 0.25) is 5.91 Å². The summed E-state index contributed by atoms with van der Waals surface area (Å²) in [7, 11) is 0. The molecule has 0 aromatic heterocycles. The molecule has 1 heterocycles. The van der Waals surface area contributed by atoms with Gasteiger partial charge in [0.25, 0.3) is 0 Å². The molecular weight excluding hydrogens is 242 g/mol. The van der Waals surface area contributed by atoms with Gasteiger partial charge < -0.3 is 10.0 Å². The fourth-order valence-corrected chi connectivity index (χ4v) is 3.44. The lowest BCUT2D eigenvalue weighted by Crippen LogP contribution is -2.44. The number of hydrogen-bond donors (Lipinski definition) is 1. The van der Waals surface area contributed by atoms with Crippen molar-refractivity contribution in [2.75, 3.05) is 13.1 Å². The fraction of sp³-hybridized carbons (Fsp3) is 0.867. The van der Waals surface area contributed by atoms with E-state index in [1.165, 1.54) is 6.42 Å². The van der Waals surface area contributed by atoms with Crippen LogP contribution in [0.25, 0.3) is 0 Å². The average molecular weight is 267 g/mol. The first-order valence-electron chi connectivity index (χ1n) is 7.63. The summed E-state index contributed by atoms with van der Waals surface area (Å²) < 4.78 is 0. The van der Waals surface area contributed by atoms with E-state index in [2.05, 4.69) is 6.92 Å². The van der Waals surface area contributed by atoms with Gasteiger partial charge in [-0.25, -0.2) is 0 Å². The van der Waals surface area contributed by atoms with E-state index in [9.17, 15) is 9.59 Å². The zero-order chi connectivity index (χ0) is 13.8. The van der Waals surface area contributed by atoms with Crippen molar-refractivity contribution < 1.29 is 14.7 Å². The minimum absolute atomic E-state index is 0.0752. The van der Waals surface area contributed by atoms with Crippen LogP contribution in [0.1, 0.15) is 51.9 Å². The molecule has 2 aliphatic rings. The van der Waals surface area contributed by atoms with Crippen molar-refractivity contribution in [1.29, 1.82) is 0 Å². The van der Waals surface area contributed by atoms with Crippen LogP contribution < -0.4 is 0 Å². The van der Waals surface area contributed by atoms with E-state index in [0.717, 1.165) is 38.8 Å². The van der Waals surface area contributed by atoms with Gasteiger partial charge >= 0.3 is 5.97 Å². The number of carboxylic acids is 1. The zero-order valence-corrected chi connectivity index (χ0v) is 11.8. The summed E-state index contributed by atoms with van der Waals surface area (Å²) in [5, 5.41) is 8.98. The molecule has 1 aliphatic carbocycles. The van der Waals surface area contributed by atoms with Crippen LogP contribution >= 0.6 is 0 Å². The van der Waals surface area contributed by atoms with Crippen LogP contribution in [0.2, 0.25) is 0 Å². The van der Waals surface area contributed by atoms with Gasteiger partial charge in [-0.2, -0.15) is 0 Å². The van der Waals surface area contributed by atoms with Crippen LogP contribution in [0.5, 0.6) is 0 Å². The summed E-state index contributed by atoms with van der Waals surface area (Å²) in [6.45, 7) is 4.00. The predicted molar refractivity (Wildman–Crippen MR) is 72.7 cm³/mol. The van der Waals surface area contributed by atoms with E-state index in [-0.39, 0.29) is 17.7 Å². The molecule has 0 spiro atoms. The summed E-state index contributed by atoms with van der Waals surface area (Å²) in [5.41, 5.74) is 0. The number of carbonyl (C=O) groups excluding carboxylic acids is 1. The zero-order valence-electron chi connectivity index (χ0n) is 11.8. The third-order valence-electron chi connectivity index (χ3n) is 4.83. The van der Waals surface area contributed by atoms with E-state index in [0.29, 0.717) is 18.8 Å². The Morgan fingerprint density at radius 2 is 1.74 bits per heavy atom. The molecule has 1 saturated heterocycles. The Kier molecular flexibility index (Phi) is 4.83. The first kappa shape index (κ1) is 14.4. The van der Waals surface area contributed by atoms with Crippen molar-refractivity contribution in [3.8, 4) is 0 Å². The molecule has 19 heavy (non-hydrogen) atoms. The molecule has 0 bridgehead atoms. The third kappa shape index (κ3) is 3.48. The van der Waals surface area contributed by atoms with Crippen molar-refractivity contribution in [1.82, 2.24) is 4.90 Å². The Hall–Kier alpha value is -1.06. The van der Waals surface area contributed by atoms with Crippen LogP contribution in [0.4, 0.5) is 0 Å². The SMILES string of the molecule is CCC1CCCN(C(=O)C2CCC(C(=O)O)CC2)C1. The maximum atomic E-state index is 12.5. The largest absolute Gasteiger partial charge is 0.481 e. The van der Waals surface area contributed by atoms with Gasteiger partial charge in [-0.05, 0) is 44.4 Å². The number of likely N-dealkylation sites (tertiary alicyclic amines) is 1. The van der Waals surface area contributed by atoms with Crippen molar-refractivity contribution in [2.24, 2.45) is 17.8 Å². The Balaban J connectivity index is 1.85. The highest BCUT2D eigenvalue weighted by Crippen LogP contribution is 2.31. The van der Waals surface area contributed by atoms with Crippen molar-refractivity contribution >= 4 is 11.9 Å². The summed E-state index contributed by atoms with van der Waals surface area (Å²) in [6.07, 6.45) is 6.34. The minimum atomic E-state index is -0.699. The van der Waals surface area contributed by atoms with Gasteiger partial charge in [-0.3, -0.25) is 9.59 Å². The van der Waals surface area contributed by atoms with Crippen LogP contribution in [-0.2, 0) is 9.59 Å². The minimum Gasteiger partial charge on any atom is -0.481 e. The summed E-state index contributed by atoms with van der Waals surface area (Å²) >= 11 is 0. The Labute approximate surface area is 115 Å². The molecule has 1 saturated carbocycles. The van der Waals surface area contributed by atoms with Crippen LogP contribution in [0.3, 0.4) is 0 Å². The Bertz CT molecular complexity index is 334. The molecular formula is C15H25NO3. The number of aliphatic carboxylic acids is 1. The standard InChI is InChI=1S/C15H25NO3/c1-2-11-4-3-9-16(10-11)14(17)12-5-7-13(8-6-12)15(18)19/h11-13H,2-10H2,1H3,(H,18,19). The molecule has 1 N–H and O–H groups in total. The van der Waals surface area contributed by atoms with E-state index in [1.54, 1.807) is 0 Å². The lowest BCUT2D eigenvalue weighted by Gasteiger charge is -2.36. The van der Waals surface area contributed by atoms with E-state index in [1.807, 2.05) is 4.90 Å². The molecule has 4 heteroatoms. The maximum absolute atomic E-state index is 12.5. The molecule has 0 radical (unpaired) electrons. The maximum Gasteiger partial charge on any atom is 0.306 e. The number of carboxylic acid groups (broad SMARTS) is 1. The van der Waals surface area contributed by atoms with Crippen molar-refractivity contribution in [3.05, 3.63) is 0 Å². The number of rotatable bonds is 3. The number of nitrogens with zero attached hydrogens (tertiary/aromatic N) is 1. The first-order chi connectivity index (χ1) is 9.11. The second-order valence-electron chi connectivity index (χ2n) is 6.09. The molecule has 1 unspecified atom stereocenters. The highest BCUT2D eigenvalue weighted by molar-refractivity contribution is 5.79. The van der Waals surface area contributed by atoms with Crippen LogP contribution in [-0.4, -0.2) is 35.0 Å². The highest BCUT2D eigenvalue weighted by atomic mass is 16.4. The van der Waals surface area contributed by atoms with Crippen LogP contribution in [0, 0.1) is 17.8 Å². The highest BCUT2D eigenvalue weighted by Gasteiger charge is 2.33. The predicted octanol–water partition coefficient (Wildman–Crippen LogP) is 2.53. The Morgan fingerprint density at radius 1 is 1.11 bits per heavy atom. The molecule has 2 fully saturated rings. The molecule has 0 aromatic rings. The number of piperidine rings is 1. The van der Waals surface area contributed by atoms with Crippen LogP contribution in [0.15, 0.2) is 0 Å². The lowest BCUT2D eigenvalue weighted by molar-refractivity contribution is -0.146. The molecule has 0 aromatic carbocycles. The number of hydrogen-bond acceptors (Lipinski definition) is 2. The summed E-state index contributed by atoms with van der Waals surface area (Å²) in [5.74, 6) is 0.0879. The third-order valence-corrected chi connectivity index (χ3v) is 4.83. The van der Waals surface area contributed by atoms with Gasteiger partial charge in [0, 0.05) is 19.0 Å². The molecule has 1 atom stereocenters. The second kappa shape index (κ2) is 6.40. The number of carbonyl (C=O) groups is 2. The summed E-state index contributed by atoms with van der Waals surface area (Å²) in [6, 6.07) is 0. The van der Waals surface area contributed by atoms with Gasteiger partial charge in [0.1, 0.15) is 0 Å². The van der Waals surface area contributed by atoms with E-state index >= 15 is 0 Å². The fourth-order valence-electron chi connectivity index (χ4n) is 3.44. The monoisotopic (exact) mass is 267 g/mol. The van der Waals surface area contributed by atoms with E-state index < -0.39 is 5.97 Å². The van der Waals surface area contributed by atoms with Gasteiger partial charge in [-0.1, -0.05) is 13.3 Å². The quantitative estimate of drug-likeness (QED) is 0.855. The van der Waals surface area contributed by atoms with Gasteiger partial charge in [0.05, 0.1) is 5.92 Å². The molecule has 4 nitrogen and oxygen atoms in total. The van der Waals surface area contributed by atoms with Crippen molar-refractivity contribution in [3.63, 3.8) is 0 Å². The van der Waals surface area contributed by atoms with E-state index in [4.69, 9.17) is 5.11 Å². The van der Waals surface area contributed by atoms with Gasteiger partial charge in [-0.15, -0.1) is 0 Å². The molecule has 2 rings (SSSR count). The molecule has 1 aliphatic heterocycles. The Morgan fingerprint density at radius 3 is 2.32 bits per heavy atom. The normalized spacial score (nSPS) is 32.1. The number of amides is 1. The topological polar surface area (TPSA) is 57.6 Å². The summed E-state index contributed by atoms with van der Waals surface area (Å²) in [4.78, 5) is 25.4. The second-order valence-corrected chi connectivity index (χ2v) is 6.09. The lowest BCUT2D eigenvalue weighted by atomic mass is 9.81. The van der Waals surface area contributed by atoms with Gasteiger partial charge in [0.15, 0.2) is 0 Å². The smallest absolute Gasteiger partial charge is 0.306 e. The first-order valence-corrected chi connectivity index (χ1v) is 7.63. The molecule has 108 valence electrons. The molecule has 1 amide bonds. The average Bonchev–Trinajstić information content (AvgIpc) is 2.46. The van der Waals surface area contributed by atoms with Crippen molar-refractivity contribution in [2.45, 2.75) is 51.9 Å².